The fourth-order valence-electron chi connectivity index (χ4n) is 1.11. The fraction of sp³-hybridized carbons (Fsp3) is 0.333. The molecule has 7 heteroatoms. The number of carbonyl (C=O) groups is 1. The molecule has 1 aromatic rings. The second kappa shape index (κ2) is 5.07. The number of hydrogen-bond donors (Lipinski definition) is 0. The van der Waals surface area contributed by atoms with E-state index in [0.29, 0.717) is 0 Å². The van der Waals surface area contributed by atoms with E-state index in [1.54, 1.807) is 0 Å². The Bertz CT molecular complexity index is 412. The quantitative estimate of drug-likeness (QED) is 0.771. The highest BCUT2D eigenvalue weighted by atomic mass is 35.5. The van der Waals surface area contributed by atoms with Gasteiger partial charge in [0.15, 0.2) is 5.75 Å². The molecule has 0 bridgehead atoms. The molecule has 16 heavy (non-hydrogen) atoms. The molecule has 0 radical (unpaired) electrons. The molecular weight excluding hydrogens is 244 g/mol. The highest BCUT2D eigenvalue weighted by Gasteiger charge is 2.23. The van der Waals surface area contributed by atoms with Gasteiger partial charge in [0.2, 0.25) is 0 Å². The van der Waals surface area contributed by atoms with Gasteiger partial charge in [0, 0.05) is 0 Å². The van der Waals surface area contributed by atoms with Crippen molar-refractivity contribution in [2.75, 3.05) is 14.2 Å². The highest BCUT2D eigenvalue weighted by molar-refractivity contribution is 6.67. The molecule has 0 amide bonds. The summed E-state index contributed by atoms with van der Waals surface area (Å²) in [5.41, 5.74) is -1.12. The van der Waals surface area contributed by atoms with Crippen molar-refractivity contribution in [1.82, 2.24) is 4.98 Å². The summed E-state index contributed by atoms with van der Waals surface area (Å²) in [5, 5.41) is -1.02. The van der Waals surface area contributed by atoms with Crippen LogP contribution < -0.4 is 9.47 Å². The summed E-state index contributed by atoms with van der Waals surface area (Å²) in [4.78, 5) is 14.4. The lowest BCUT2D eigenvalue weighted by Gasteiger charge is -2.10. The van der Waals surface area contributed by atoms with Crippen LogP contribution in [0.25, 0.3) is 0 Å². The predicted molar refractivity (Wildman–Crippen MR) is 52.5 cm³/mol. The van der Waals surface area contributed by atoms with Gasteiger partial charge in [-0.2, -0.15) is 0 Å². The lowest BCUT2D eigenvalue weighted by atomic mass is 10.2. The summed E-state index contributed by atoms with van der Waals surface area (Å²) < 4.78 is 34.7. The Labute approximate surface area is 95.1 Å². The molecule has 0 unspecified atom stereocenters. The zero-order chi connectivity index (χ0) is 12.3. The Kier molecular flexibility index (Phi) is 4.00. The Hall–Kier alpha value is -1.43. The van der Waals surface area contributed by atoms with Gasteiger partial charge in [-0.3, -0.25) is 4.79 Å². The number of methoxy groups -OCH3 is 2. The zero-order valence-electron chi connectivity index (χ0n) is 8.46. The van der Waals surface area contributed by atoms with Gasteiger partial charge in [-0.25, -0.2) is 13.8 Å². The molecule has 0 saturated heterocycles. The summed E-state index contributed by atoms with van der Waals surface area (Å²) in [6, 6.07) is 1.07. The second-order valence-corrected chi connectivity index (χ2v) is 3.05. The first-order valence-electron chi connectivity index (χ1n) is 4.12. The van der Waals surface area contributed by atoms with Gasteiger partial charge in [-0.1, -0.05) is 0 Å². The molecule has 0 aliphatic heterocycles. The van der Waals surface area contributed by atoms with E-state index in [0.717, 1.165) is 6.07 Å². The number of aromatic nitrogens is 1. The maximum Gasteiger partial charge on any atom is 0.281 e. The van der Waals surface area contributed by atoms with Crippen LogP contribution in [0.2, 0.25) is 0 Å². The van der Waals surface area contributed by atoms with E-state index < -0.39 is 22.9 Å². The number of alkyl halides is 2. The highest BCUT2D eigenvalue weighted by Crippen LogP contribution is 2.32. The normalized spacial score (nSPS) is 10.4. The third kappa shape index (κ3) is 2.38. The van der Waals surface area contributed by atoms with Crippen molar-refractivity contribution >= 4 is 16.8 Å². The van der Waals surface area contributed by atoms with Gasteiger partial charge in [0.05, 0.1) is 19.8 Å². The lowest BCUT2D eigenvalue weighted by molar-refractivity contribution is 0.106. The minimum absolute atomic E-state index is 0.0656. The summed E-state index contributed by atoms with van der Waals surface area (Å²) >= 11 is 5.17. The van der Waals surface area contributed by atoms with Crippen molar-refractivity contribution in [2.24, 2.45) is 0 Å². The van der Waals surface area contributed by atoms with Crippen LogP contribution in [0.4, 0.5) is 8.78 Å². The molecule has 0 atom stereocenters. The van der Waals surface area contributed by atoms with E-state index >= 15 is 0 Å². The van der Waals surface area contributed by atoms with Gasteiger partial charge in [0.25, 0.3) is 17.5 Å². The third-order valence-corrected chi connectivity index (χ3v) is 2.02. The van der Waals surface area contributed by atoms with Crippen molar-refractivity contribution in [1.29, 1.82) is 0 Å². The number of ether oxygens (including phenoxy) is 2. The summed E-state index contributed by atoms with van der Waals surface area (Å²) in [5.74, 6) is -0.0598. The summed E-state index contributed by atoms with van der Waals surface area (Å²) in [6.07, 6.45) is -2.92. The van der Waals surface area contributed by atoms with Gasteiger partial charge >= 0.3 is 0 Å². The van der Waals surface area contributed by atoms with Gasteiger partial charge in [0.1, 0.15) is 5.69 Å². The molecule has 0 N–H and O–H groups in total. The maximum atomic E-state index is 12.6. The molecule has 1 heterocycles. The van der Waals surface area contributed by atoms with E-state index in [9.17, 15) is 13.6 Å². The third-order valence-electron chi connectivity index (χ3n) is 1.82. The molecule has 1 rings (SSSR count). The van der Waals surface area contributed by atoms with Crippen LogP contribution in [0.5, 0.6) is 11.6 Å². The number of rotatable bonds is 4. The molecule has 0 aliphatic rings. The average molecular weight is 252 g/mol. The van der Waals surface area contributed by atoms with Crippen LogP contribution in [-0.4, -0.2) is 24.4 Å². The van der Waals surface area contributed by atoms with Gasteiger partial charge in [-0.05, 0) is 17.7 Å². The Morgan fingerprint density at radius 1 is 1.44 bits per heavy atom. The van der Waals surface area contributed by atoms with Crippen LogP contribution >= 0.6 is 11.6 Å². The van der Waals surface area contributed by atoms with Crippen LogP contribution in [-0.2, 0) is 0 Å². The van der Waals surface area contributed by atoms with Crippen molar-refractivity contribution < 1.29 is 23.0 Å². The first-order chi connectivity index (χ1) is 7.51. The van der Waals surface area contributed by atoms with E-state index in [2.05, 4.69) is 4.98 Å². The monoisotopic (exact) mass is 251 g/mol. The first-order valence-corrected chi connectivity index (χ1v) is 4.50. The zero-order valence-corrected chi connectivity index (χ0v) is 9.22. The largest absolute Gasteiger partial charge is 0.491 e. The molecule has 1 aromatic heterocycles. The molecule has 88 valence electrons. The smallest absolute Gasteiger partial charge is 0.281 e. The van der Waals surface area contributed by atoms with E-state index in [1.165, 1.54) is 14.2 Å². The molecule has 4 nitrogen and oxygen atoms in total. The number of nitrogens with zero attached hydrogens (tertiary/aromatic N) is 1. The Morgan fingerprint density at radius 3 is 2.44 bits per heavy atom. The lowest BCUT2D eigenvalue weighted by Crippen LogP contribution is -2.05. The van der Waals surface area contributed by atoms with Crippen LogP contribution in [0.1, 0.15) is 22.5 Å². The second-order valence-electron chi connectivity index (χ2n) is 2.71. The van der Waals surface area contributed by atoms with E-state index in [-0.39, 0.29) is 11.6 Å². The SMILES string of the molecule is COc1cc(C(=O)Cl)c(C(F)F)nc1OC. The van der Waals surface area contributed by atoms with Crippen LogP contribution in [0, 0.1) is 0 Å². The van der Waals surface area contributed by atoms with Gasteiger partial charge in [-0.15, -0.1) is 0 Å². The van der Waals surface area contributed by atoms with Crippen molar-refractivity contribution in [2.45, 2.75) is 6.43 Å². The Morgan fingerprint density at radius 2 is 2.06 bits per heavy atom. The van der Waals surface area contributed by atoms with E-state index in [1.807, 2.05) is 0 Å². The van der Waals surface area contributed by atoms with Crippen LogP contribution in [0.15, 0.2) is 6.07 Å². The predicted octanol–water partition coefficient (Wildman–Crippen LogP) is 2.42. The standard InChI is InChI=1S/C9H8ClF2NO3/c1-15-5-3-4(7(10)14)6(8(11)12)13-9(5)16-2/h3,8H,1-2H3. The molecular formula is C9H8ClF2NO3. The Balaban J connectivity index is 3.41. The maximum absolute atomic E-state index is 12.6. The van der Waals surface area contributed by atoms with Crippen molar-refractivity contribution in [3.8, 4) is 11.6 Å². The minimum atomic E-state index is -2.92. The van der Waals surface area contributed by atoms with E-state index in [4.69, 9.17) is 21.1 Å². The minimum Gasteiger partial charge on any atom is -0.491 e. The topological polar surface area (TPSA) is 48.4 Å². The average Bonchev–Trinajstić information content (AvgIpc) is 2.26. The van der Waals surface area contributed by atoms with Crippen molar-refractivity contribution in [3.63, 3.8) is 0 Å². The van der Waals surface area contributed by atoms with Gasteiger partial charge < -0.3 is 9.47 Å². The first kappa shape index (κ1) is 12.6. The number of pyridine rings is 1. The number of hydrogen-bond acceptors (Lipinski definition) is 4. The van der Waals surface area contributed by atoms with Crippen LogP contribution in [0.3, 0.4) is 0 Å². The molecule has 0 spiro atoms. The number of carbonyl (C=O) groups excluding carboxylic acids is 1. The molecule has 0 aliphatic carbocycles. The molecule has 0 aromatic carbocycles. The summed E-state index contributed by atoms with van der Waals surface area (Å²) in [6.45, 7) is 0. The molecule has 0 fully saturated rings. The molecule has 0 saturated carbocycles. The summed E-state index contributed by atoms with van der Waals surface area (Å²) in [7, 11) is 2.55. The fourth-order valence-corrected chi connectivity index (χ4v) is 1.26. The number of halogens is 3. The van der Waals surface area contributed by atoms with Crippen molar-refractivity contribution in [3.05, 3.63) is 17.3 Å².